The maximum Gasteiger partial charge on any atom is 0.323 e. The average Bonchev–Trinajstić information content (AvgIpc) is 3.36. The van der Waals surface area contributed by atoms with Gasteiger partial charge in [-0.3, -0.25) is 18.2 Å². The molecule has 0 radical (unpaired) electrons. The van der Waals surface area contributed by atoms with Gasteiger partial charge in [0.25, 0.3) is 40.5 Å². The number of amides is 2. The molecule has 6 aromatic carbocycles. The Hall–Kier alpha value is -8.17. The topological polar surface area (TPSA) is 394 Å². The van der Waals surface area contributed by atoms with E-state index < -0.39 is 81.0 Å². The summed E-state index contributed by atoms with van der Waals surface area (Å²) in [7, 11) is -15.5. The van der Waals surface area contributed by atoms with Crippen molar-refractivity contribution in [1.82, 2.24) is 0 Å². The highest BCUT2D eigenvalue weighted by atomic mass is 32.2. The second-order valence-electron chi connectivity index (χ2n) is 17.4. The van der Waals surface area contributed by atoms with Crippen molar-refractivity contribution < 1.29 is 75.6 Å². The predicted molar refractivity (Wildman–Crippen MR) is 293 cm³/mol. The number of methoxy groups -OCH3 is 2. The zero-order valence-electron chi connectivity index (χ0n) is 43.7. The fourth-order valence-corrected chi connectivity index (χ4v) is 9.08. The van der Waals surface area contributed by atoms with Crippen molar-refractivity contribution >= 4 is 103 Å². The number of aryl methyl sites for hydroxylation is 6. The first-order chi connectivity index (χ1) is 37.4. The highest BCUT2D eigenvalue weighted by Gasteiger charge is 2.21. The van der Waals surface area contributed by atoms with Crippen LogP contribution in [-0.4, -0.2) is 96.9 Å². The lowest BCUT2D eigenvalue weighted by molar-refractivity contribution is 0.262. The van der Waals surface area contributed by atoms with Crippen LogP contribution in [0, 0.1) is 41.5 Å². The molecule has 0 aliphatic heterocycles. The smallest absolute Gasteiger partial charge is 0.323 e. The van der Waals surface area contributed by atoms with E-state index in [9.17, 15) is 56.7 Å². The van der Waals surface area contributed by atoms with Crippen LogP contribution in [0.5, 0.6) is 23.0 Å². The van der Waals surface area contributed by atoms with Gasteiger partial charge in [0.2, 0.25) is 0 Å². The van der Waals surface area contributed by atoms with Crippen LogP contribution in [0.2, 0.25) is 0 Å². The molecule has 0 aliphatic carbocycles. The van der Waals surface area contributed by atoms with Gasteiger partial charge in [-0.15, -0.1) is 20.5 Å². The summed E-state index contributed by atoms with van der Waals surface area (Å²) in [5.74, 6) is -1.34. The number of nitrogens with one attached hydrogen (secondary N) is 2. The normalized spacial score (nSPS) is 12.4. The summed E-state index contributed by atoms with van der Waals surface area (Å²) in [6.45, 7) is 8.83. The summed E-state index contributed by atoms with van der Waals surface area (Å²) in [6.07, 6.45) is 0. The van der Waals surface area contributed by atoms with Crippen LogP contribution in [0.1, 0.15) is 33.4 Å². The number of urea groups is 1. The molecular formula is C49H52N10O17S4. The molecule has 31 heteroatoms. The lowest BCUT2D eigenvalue weighted by Gasteiger charge is -2.15. The van der Waals surface area contributed by atoms with Crippen LogP contribution >= 0.6 is 0 Å². The molecule has 6 rings (SSSR count). The third-order valence-electron chi connectivity index (χ3n) is 11.1. The molecule has 0 unspecified atom stereocenters. The predicted octanol–water partition coefficient (Wildman–Crippen LogP) is 11.9. The number of benzene rings is 6. The average molecular weight is 1180 g/mol. The molecule has 0 heterocycles. The van der Waals surface area contributed by atoms with Crippen molar-refractivity contribution in [1.29, 1.82) is 0 Å². The Bertz CT molecular complexity index is 3730. The molecule has 27 nitrogen and oxygen atoms in total. The van der Waals surface area contributed by atoms with Crippen LogP contribution in [0.3, 0.4) is 0 Å². The van der Waals surface area contributed by atoms with Gasteiger partial charge in [0.1, 0.15) is 80.3 Å². The summed E-state index contributed by atoms with van der Waals surface area (Å²) in [4.78, 5) is 12.6. The van der Waals surface area contributed by atoms with Gasteiger partial charge >= 0.3 is 6.03 Å². The minimum Gasteiger partial charge on any atom is -0.494 e. The Morgan fingerprint density at radius 3 is 1.02 bits per heavy atom. The number of nitrogens with zero attached hydrogens (tertiary/aromatic N) is 8. The molecular weight excluding hydrogens is 1130 g/mol. The van der Waals surface area contributed by atoms with E-state index in [1.54, 1.807) is 65.8 Å². The van der Waals surface area contributed by atoms with Crippen molar-refractivity contribution in [2.75, 3.05) is 49.6 Å². The Morgan fingerprint density at radius 2 is 0.713 bits per heavy atom. The van der Waals surface area contributed by atoms with E-state index >= 15 is 0 Å². The van der Waals surface area contributed by atoms with Crippen LogP contribution in [0.25, 0.3) is 0 Å². The highest BCUT2D eigenvalue weighted by Crippen LogP contribution is 2.42. The lowest BCUT2D eigenvalue weighted by Crippen LogP contribution is -2.20. The summed E-state index contributed by atoms with van der Waals surface area (Å²) in [5.41, 5.74) is 4.03. The monoisotopic (exact) mass is 1180 g/mol. The second-order valence-corrected chi connectivity index (χ2v) is 23.4. The largest absolute Gasteiger partial charge is 0.494 e. The third-order valence-corrected chi connectivity index (χ3v) is 14.3. The minimum absolute atomic E-state index is 0.0456. The molecule has 0 bridgehead atoms. The molecule has 0 spiro atoms. The zero-order valence-corrected chi connectivity index (χ0v) is 47.0. The number of anilines is 2. The van der Waals surface area contributed by atoms with Crippen molar-refractivity contribution in [3.05, 3.63) is 118 Å². The van der Waals surface area contributed by atoms with E-state index in [0.29, 0.717) is 33.4 Å². The fraction of sp³-hybridized carbons (Fsp3) is 0.245. The van der Waals surface area contributed by atoms with Gasteiger partial charge in [-0.05, 0) is 123 Å². The zero-order chi connectivity index (χ0) is 58.9. The minimum atomic E-state index is -4.67. The van der Waals surface area contributed by atoms with Crippen LogP contribution < -0.4 is 29.6 Å². The lowest BCUT2D eigenvalue weighted by atomic mass is 10.1. The first-order valence-corrected chi connectivity index (χ1v) is 29.2. The molecule has 6 aromatic rings. The molecule has 0 saturated carbocycles. The number of hydrogen-bond donors (Lipinski definition) is 6. The molecule has 2 amide bonds. The molecule has 0 atom stereocenters. The Labute approximate surface area is 459 Å². The van der Waals surface area contributed by atoms with E-state index in [2.05, 4.69) is 51.5 Å². The summed E-state index contributed by atoms with van der Waals surface area (Å²) >= 11 is 0. The van der Waals surface area contributed by atoms with Gasteiger partial charge in [-0.2, -0.15) is 54.1 Å². The van der Waals surface area contributed by atoms with Gasteiger partial charge in [-0.25, -0.2) is 4.79 Å². The van der Waals surface area contributed by atoms with Gasteiger partial charge < -0.3 is 29.6 Å². The number of rotatable bonds is 22. The van der Waals surface area contributed by atoms with E-state index in [-0.39, 0.29) is 79.9 Å². The van der Waals surface area contributed by atoms with Crippen LogP contribution in [0.4, 0.5) is 61.7 Å². The van der Waals surface area contributed by atoms with Crippen molar-refractivity contribution in [3.63, 3.8) is 0 Å². The number of azo groups is 4. The van der Waals surface area contributed by atoms with Crippen LogP contribution in [0.15, 0.2) is 136 Å². The first kappa shape index (κ1) is 61.0. The quantitative estimate of drug-likeness (QED) is 0.0272. The van der Waals surface area contributed by atoms with Gasteiger partial charge in [-0.1, -0.05) is 12.1 Å². The molecule has 6 N–H and O–H groups in total. The standard InChI is InChI=1S/C49H52N10O17S4/c1-27-9-11-33(47(17-27)79(67,68)69)52-54-37-25-45(75-13-15-77(61,62)63)41(21-31(37)5)58-56-35-23-43(73-7)39(19-29(35)3)50-49(60)51-40-20-30(4)36(24-44(40)74-8)57-59-42-22-32(6)38(26-46(42)76-14-16-78(64,65)66)55-53-34-12-10-28(2)18-48(34)80(70,71)72/h9-12,17-26H,13-16H2,1-8H3,(H2,50,51,60)(H,61,62,63)(H,64,65,66)(H,67,68,69)(H,70,71,72). The molecule has 0 aliphatic rings. The first-order valence-electron chi connectivity index (χ1n) is 23.1. The summed E-state index contributed by atoms with van der Waals surface area (Å²) in [6, 6.07) is 19.3. The highest BCUT2D eigenvalue weighted by molar-refractivity contribution is 7.86. The number of carbonyl (C=O) groups excluding carboxylic acids is 1. The Morgan fingerprint density at radius 1 is 0.412 bits per heavy atom. The number of carbonyl (C=O) groups is 1. The number of hydrogen-bond acceptors (Lipinski definition) is 21. The third kappa shape index (κ3) is 16.9. The van der Waals surface area contributed by atoms with E-state index in [0.717, 1.165) is 0 Å². The second kappa shape index (κ2) is 25.3. The van der Waals surface area contributed by atoms with Gasteiger partial charge in [0.15, 0.2) is 0 Å². The molecule has 424 valence electrons. The van der Waals surface area contributed by atoms with Crippen molar-refractivity contribution in [3.8, 4) is 23.0 Å². The van der Waals surface area contributed by atoms with Crippen molar-refractivity contribution in [2.24, 2.45) is 40.9 Å². The fourth-order valence-electron chi connectivity index (χ4n) is 7.07. The van der Waals surface area contributed by atoms with Crippen LogP contribution in [-0.2, 0) is 40.5 Å². The van der Waals surface area contributed by atoms with E-state index in [1.807, 2.05) is 0 Å². The van der Waals surface area contributed by atoms with Gasteiger partial charge in [0, 0.05) is 24.3 Å². The van der Waals surface area contributed by atoms with Gasteiger partial charge in [0.05, 0.1) is 48.3 Å². The SMILES string of the molecule is COc1cc(N=Nc2cc(C)c(N=Nc3ccc(C)cc3S(=O)(=O)O)cc2OCCS(=O)(=O)O)c(C)cc1NC(=O)Nc1cc(C)c(N=Nc2cc(C)c(N=Nc3ccc(C)cc3S(=O)(=O)O)cc2OCCS(=O)(=O)O)cc1OC. The summed E-state index contributed by atoms with van der Waals surface area (Å²) < 4.78 is 155. The molecule has 0 fully saturated rings. The van der Waals surface area contributed by atoms with E-state index in [1.165, 1.54) is 74.9 Å². The Kier molecular flexibility index (Phi) is 19.3. The molecule has 80 heavy (non-hydrogen) atoms. The molecule has 0 aromatic heterocycles. The Balaban J connectivity index is 1.23. The molecule has 0 saturated heterocycles. The van der Waals surface area contributed by atoms with Crippen molar-refractivity contribution in [2.45, 2.75) is 51.3 Å². The maximum absolute atomic E-state index is 13.6. The van der Waals surface area contributed by atoms with E-state index in [4.69, 9.17) is 18.9 Å². The summed E-state index contributed by atoms with van der Waals surface area (Å²) in [5, 5.41) is 39.2. The maximum atomic E-state index is 13.6. The number of ether oxygens (including phenoxy) is 4.